The van der Waals surface area contributed by atoms with Crippen LogP contribution in [0.25, 0.3) is 0 Å². The van der Waals surface area contributed by atoms with Crippen molar-refractivity contribution in [2.75, 3.05) is 0 Å². The zero-order valence-corrected chi connectivity index (χ0v) is 15.1. The van der Waals surface area contributed by atoms with Crippen molar-refractivity contribution < 1.29 is 9.31 Å². The Labute approximate surface area is 137 Å². The Bertz CT molecular complexity index is 339. The van der Waals surface area contributed by atoms with E-state index in [4.69, 9.17) is 9.31 Å². The van der Waals surface area contributed by atoms with Gasteiger partial charge in [0.15, 0.2) is 0 Å². The summed E-state index contributed by atoms with van der Waals surface area (Å²) in [4.78, 5) is 2.65. The molecule has 0 radical (unpaired) electrons. The molecule has 4 heteroatoms. The van der Waals surface area contributed by atoms with Gasteiger partial charge in [0.2, 0.25) is 0 Å². The van der Waals surface area contributed by atoms with Crippen LogP contribution in [0.1, 0.15) is 91.9 Å². The molecule has 0 atom stereocenters. The fourth-order valence-corrected chi connectivity index (χ4v) is 4.33. The molecular weight excluding hydrogens is 273 g/mol. The van der Waals surface area contributed by atoms with E-state index in [0.717, 1.165) is 0 Å². The summed E-state index contributed by atoms with van der Waals surface area (Å²) in [7, 11) is -0.142. The second kappa shape index (κ2) is 6.45. The summed E-state index contributed by atoms with van der Waals surface area (Å²) < 4.78 is 12.9. The second-order valence-corrected chi connectivity index (χ2v) is 8.59. The van der Waals surface area contributed by atoms with E-state index in [1.54, 1.807) is 0 Å². The summed E-state index contributed by atoms with van der Waals surface area (Å²) in [5.74, 6) is 0. The van der Waals surface area contributed by atoms with E-state index in [-0.39, 0.29) is 18.5 Å². The van der Waals surface area contributed by atoms with E-state index in [1.807, 2.05) is 0 Å². The third-order valence-electron chi connectivity index (χ3n) is 6.48. The van der Waals surface area contributed by atoms with Crippen molar-refractivity contribution >= 4 is 7.25 Å². The first-order chi connectivity index (χ1) is 10.4. The van der Waals surface area contributed by atoms with Crippen molar-refractivity contribution in [3.05, 3.63) is 0 Å². The summed E-state index contributed by atoms with van der Waals surface area (Å²) in [6.07, 6.45) is 13.6. The molecule has 0 spiro atoms. The first kappa shape index (κ1) is 16.8. The zero-order chi connectivity index (χ0) is 15.8. The fourth-order valence-electron chi connectivity index (χ4n) is 4.33. The van der Waals surface area contributed by atoms with Gasteiger partial charge in [0, 0.05) is 12.1 Å². The first-order valence-electron chi connectivity index (χ1n) is 9.54. The lowest BCUT2D eigenvalue weighted by molar-refractivity contribution is 0.00578. The number of nitrogens with zero attached hydrogens (tertiary/aromatic N) is 1. The molecule has 2 saturated carbocycles. The summed E-state index contributed by atoms with van der Waals surface area (Å²) in [6.45, 7) is 8.69. The lowest BCUT2D eigenvalue weighted by Gasteiger charge is -2.42. The maximum absolute atomic E-state index is 6.44. The van der Waals surface area contributed by atoms with E-state index in [2.05, 4.69) is 32.5 Å². The van der Waals surface area contributed by atoms with Crippen LogP contribution < -0.4 is 0 Å². The average Bonchev–Trinajstić information content (AvgIpc) is 2.69. The van der Waals surface area contributed by atoms with Crippen LogP contribution in [0.5, 0.6) is 0 Å². The van der Waals surface area contributed by atoms with Gasteiger partial charge in [0.05, 0.1) is 11.2 Å². The molecule has 0 unspecified atom stereocenters. The quantitative estimate of drug-likeness (QED) is 0.714. The maximum Gasteiger partial charge on any atom is 0.558 e. The minimum atomic E-state index is -0.223. The third-order valence-corrected chi connectivity index (χ3v) is 6.48. The van der Waals surface area contributed by atoms with Gasteiger partial charge in [-0.3, -0.25) is 4.81 Å². The molecule has 3 aliphatic rings. The second-order valence-electron chi connectivity index (χ2n) is 8.59. The van der Waals surface area contributed by atoms with E-state index >= 15 is 0 Å². The van der Waals surface area contributed by atoms with Crippen molar-refractivity contribution in [3.8, 4) is 0 Å². The number of hydrogen-bond acceptors (Lipinski definition) is 3. The Hall–Kier alpha value is -0.0551. The van der Waals surface area contributed by atoms with Gasteiger partial charge >= 0.3 is 7.25 Å². The third kappa shape index (κ3) is 3.25. The molecule has 1 heterocycles. The van der Waals surface area contributed by atoms with Gasteiger partial charge in [-0.2, -0.15) is 0 Å². The molecule has 126 valence electrons. The highest BCUT2D eigenvalue weighted by molar-refractivity contribution is 6.42. The van der Waals surface area contributed by atoms with Gasteiger partial charge < -0.3 is 9.31 Å². The van der Waals surface area contributed by atoms with Crippen LogP contribution in [-0.2, 0) is 9.31 Å². The molecule has 0 aromatic heterocycles. The Morgan fingerprint density at radius 3 is 1.41 bits per heavy atom. The molecule has 22 heavy (non-hydrogen) atoms. The normalized spacial score (nSPS) is 30.1. The van der Waals surface area contributed by atoms with Crippen molar-refractivity contribution in [2.24, 2.45) is 0 Å². The smallest absolute Gasteiger partial charge is 0.389 e. The minimum Gasteiger partial charge on any atom is -0.389 e. The van der Waals surface area contributed by atoms with Gasteiger partial charge in [0.1, 0.15) is 0 Å². The molecule has 3 fully saturated rings. The largest absolute Gasteiger partial charge is 0.558 e. The summed E-state index contributed by atoms with van der Waals surface area (Å²) >= 11 is 0. The number of hydrogen-bond donors (Lipinski definition) is 0. The van der Waals surface area contributed by atoms with Crippen LogP contribution in [0.2, 0.25) is 0 Å². The molecular formula is C18H34BNO2. The summed E-state index contributed by atoms with van der Waals surface area (Å²) in [5.41, 5.74) is -0.446. The highest BCUT2D eigenvalue weighted by atomic mass is 16.7. The Morgan fingerprint density at radius 2 is 1.05 bits per heavy atom. The van der Waals surface area contributed by atoms with E-state index in [0.29, 0.717) is 12.1 Å². The molecule has 0 bridgehead atoms. The van der Waals surface area contributed by atoms with E-state index < -0.39 is 0 Å². The predicted molar refractivity (Wildman–Crippen MR) is 91.7 cm³/mol. The molecule has 1 saturated heterocycles. The topological polar surface area (TPSA) is 21.7 Å². The molecule has 0 aromatic carbocycles. The Morgan fingerprint density at radius 1 is 0.682 bits per heavy atom. The van der Waals surface area contributed by atoms with Crippen LogP contribution >= 0.6 is 0 Å². The van der Waals surface area contributed by atoms with Crippen molar-refractivity contribution in [1.29, 1.82) is 0 Å². The molecule has 1 aliphatic heterocycles. The van der Waals surface area contributed by atoms with Gasteiger partial charge in [-0.15, -0.1) is 0 Å². The van der Waals surface area contributed by atoms with Gasteiger partial charge in [-0.1, -0.05) is 38.5 Å². The molecule has 0 aromatic rings. The first-order valence-corrected chi connectivity index (χ1v) is 9.54. The van der Waals surface area contributed by atoms with Gasteiger partial charge in [0.25, 0.3) is 0 Å². The van der Waals surface area contributed by atoms with Gasteiger partial charge in [-0.05, 0) is 53.4 Å². The zero-order valence-electron chi connectivity index (χ0n) is 15.1. The van der Waals surface area contributed by atoms with E-state index in [1.165, 1.54) is 64.2 Å². The summed E-state index contributed by atoms with van der Waals surface area (Å²) in [6, 6.07) is 1.32. The molecule has 3 nitrogen and oxygen atoms in total. The minimum absolute atomic E-state index is 0.142. The Balaban J connectivity index is 1.79. The average molecular weight is 307 g/mol. The van der Waals surface area contributed by atoms with Gasteiger partial charge in [-0.25, -0.2) is 0 Å². The van der Waals surface area contributed by atoms with Crippen LogP contribution in [0, 0.1) is 0 Å². The molecule has 3 rings (SSSR count). The predicted octanol–water partition coefficient (Wildman–Crippen LogP) is 4.54. The van der Waals surface area contributed by atoms with Crippen LogP contribution in [0.4, 0.5) is 0 Å². The van der Waals surface area contributed by atoms with Crippen LogP contribution in [0.15, 0.2) is 0 Å². The summed E-state index contributed by atoms with van der Waals surface area (Å²) in [5, 5.41) is 0. The van der Waals surface area contributed by atoms with Crippen molar-refractivity contribution in [1.82, 2.24) is 4.81 Å². The Kier molecular flexibility index (Phi) is 4.92. The highest BCUT2D eigenvalue weighted by Crippen LogP contribution is 2.41. The van der Waals surface area contributed by atoms with Crippen molar-refractivity contribution in [2.45, 2.75) is 115 Å². The SMILES string of the molecule is CC1(C)OB(N(C2CCCCC2)C2CCCCC2)OC1(C)C. The monoisotopic (exact) mass is 307 g/mol. The van der Waals surface area contributed by atoms with Crippen molar-refractivity contribution in [3.63, 3.8) is 0 Å². The molecule has 0 amide bonds. The number of rotatable bonds is 3. The maximum atomic E-state index is 6.44. The van der Waals surface area contributed by atoms with E-state index in [9.17, 15) is 0 Å². The lowest BCUT2D eigenvalue weighted by atomic mass is 9.82. The standard InChI is InChI=1S/C18H34BNO2/c1-17(2)18(3,4)22-19(21-17)20(15-11-7-5-8-12-15)16-13-9-6-10-14-16/h15-16H,5-14H2,1-4H3. The molecule has 2 aliphatic carbocycles. The van der Waals surface area contributed by atoms with Crippen LogP contribution in [-0.4, -0.2) is 35.4 Å². The highest BCUT2D eigenvalue weighted by Gasteiger charge is 2.56. The fraction of sp³-hybridized carbons (Fsp3) is 1.00. The van der Waals surface area contributed by atoms with Crippen LogP contribution in [0.3, 0.4) is 0 Å². The molecule has 0 N–H and O–H groups in total. The lowest BCUT2D eigenvalue weighted by Crippen LogP contribution is -2.55.